The zero-order valence-corrected chi connectivity index (χ0v) is 13.4. The average molecular weight is 311 g/mol. The van der Waals surface area contributed by atoms with Crippen molar-refractivity contribution in [2.24, 2.45) is 0 Å². The van der Waals surface area contributed by atoms with Gasteiger partial charge in [0.2, 0.25) is 0 Å². The Balaban J connectivity index is 2.30. The van der Waals surface area contributed by atoms with E-state index in [2.05, 4.69) is 0 Å². The highest BCUT2D eigenvalue weighted by molar-refractivity contribution is 5.69. The number of hydrogen-bond donors (Lipinski definition) is 1. The second-order valence-corrected chi connectivity index (χ2v) is 6.32. The number of halogens is 1. The Bertz CT molecular complexity index is 580. The predicted molar refractivity (Wildman–Crippen MR) is 79.2 cm³/mol. The summed E-state index contributed by atoms with van der Waals surface area (Å²) in [5.41, 5.74) is 0.770. The summed E-state index contributed by atoms with van der Waals surface area (Å²) in [6.45, 7) is 5.63. The van der Waals surface area contributed by atoms with Gasteiger partial charge in [-0.05, 0) is 38.8 Å². The molecule has 5 nitrogen and oxygen atoms in total. The van der Waals surface area contributed by atoms with Crippen LogP contribution in [0.15, 0.2) is 6.07 Å². The van der Waals surface area contributed by atoms with Gasteiger partial charge in [0, 0.05) is 17.7 Å². The predicted octanol–water partition coefficient (Wildman–Crippen LogP) is 2.62. The normalized spacial score (nSPS) is 14.5. The summed E-state index contributed by atoms with van der Waals surface area (Å²) in [4.78, 5) is 13.7. The fourth-order valence-electron chi connectivity index (χ4n) is 2.51. The summed E-state index contributed by atoms with van der Waals surface area (Å²) in [7, 11) is 1.49. The third-order valence-corrected chi connectivity index (χ3v) is 3.54. The van der Waals surface area contributed by atoms with E-state index in [0.29, 0.717) is 29.8 Å². The zero-order valence-electron chi connectivity index (χ0n) is 13.4. The molecule has 0 unspecified atom stereocenters. The lowest BCUT2D eigenvalue weighted by Crippen LogP contribution is -2.40. The van der Waals surface area contributed by atoms with Crippen molar-refractivity contribution in [3.05, 3.63) is 28.6 Å². The van der Waals surface area contributed by atoms with Crippen LogP contribution in [0.25, 0.3) is 0 Å². The molecule has 1 aliphatic heterocycles. The van der Waals surface area contributed by atoms with Crippen LogP contribution >= 0.6 is 0 Å². The summed E-state index contributed by atoms with van der Waals surface area (Å²) < 4.78 is 25.0. The van der Waals surface area contributed by atoms with Gasteiger partial charge >= 0.3 is 6.09 Å². The largest absolute Gasteiger partial charge is 0.496 e. The lowest BCUT2D eigenvalue weighted by molar-refractivity contribution is 0.0221. The molecule has 0 fully saturated rings. The summed E-state index contributed by atoms with van der Waals surface area (Å²) in [6.07, 6.45) is -0.0585. The van der Waals surface area contributed by atoms with E-state index in [1.54, 1.807) is 20.8 Å². The maximum atomic E-state index is 14.3. The fourth-order valence-corrected chi connectivity index (χ4v) is 2.51. The first-order valence-electron chi connectivity index (χ1n) is 7.22. The number of carbonyl (C=O) groups is 1. The number of rotatable bonds is 2. The molecule has 1 aliphatic rings. The SMILES string of the molecule is COc1cc(CO)c(F)c2c1CN(C(=O)OC(C)(C)C)CC2. The number of nitrogens with zero attached hydrogens (tertiary/aromatic N) is 1. The molecule has 6 heteroatoms. The molecule has 1 N–H and O–H groups in total. The number of methoxy groups -OCH3 is 1. The van der Waals surface area contributed by atoms with Crippen LogP contribution in [0.4, 0.5) is 9.18 Å². The molecule has 0 spiro atoms. The minimum atomic E-state index is -0.576. The average Bonchev–Trinajstić information content (AvgIpc) is 2.45. The molecule has 1 heterocycles. The Morgan fingerprint density at radius 3 is 2.64 bits per heavy atom. The molecule has 0 bridgehead atoms. The maximum Gasteiger partial charge on any atom is 0.410 e. The summed E-state index contributed by atoms with van der Waals surface area (Å²) in [6, 6.07) is 1.48. The molecule has 0 aliphatic carbocycles. The van der Waals surface area contributed by atoms with E-state index in [1.807, 2.05) is 0 Å². The zero-order chi connectivity index (χ0) is 16.5. The molecule has 0 atom stereocenters. The number of amides is 1. The van der Waals surface area contributed by atoms with Gasteiger partial charge in [-0.2, -0.15) is 0 Å². The molecule has 2 rings (SSSR count). The smallest absolute Gasteiger partial charge is 0.410 e. The first-order chi connectivity index (χ1) is 10.3. The van der Waals surface area contributed by atoms with Gasteiger partial charge in [0.1, 0.15) is 17.2 Å². The van der Waals surface area contributed by atoms with Crippen LogP contribution < -0.4 is 4.74 Å². The number of ether oxygens (including phenoxy) is 2. The van der Waals surface area contributed by atoms with Crippen molar-refractivity contribution >= 4 is 6.09 Å². The van der Waals surface area contributed by atoms with Crippen LogP contribution in [0, 0.1) is 5.82 Å². The lowest BCUT2D eigenvalue weighted by Gasteiger charge is -2.32. The monoisotopic (exact) mass is 311 g/mol. The van der Waals surface area contributed by atoms with Crippen molar-refractivity contribution in [3.63, 3.8) is 0 Å². The van der Waals surface area contributed by atoms with Gasteiger partial charge in [0.05, 0.1) is 20.3 Å². The quantitative estimate of drug-likeness (QED) is 0.912. The van der Waals surface area contributed by atoms with Crippen molar-refractivity contribution in [1.82, 2.24) is 4.90 Å². The Hall–Kier alpha value is -1.82. The van der Waals surface area contributed by atoms with Crippen LogP contribution in [-0.2, 0) is 24.3 Å². The van der Waals surface area contributed by atoms with Gasteiger partial charge in [-0.1, -0.05) is 0 Å². The summed E-state index contributed by atoms with van der Waals surface area (Å²) >= 11 is 0. The van der Waals surface area contributed by atoms with E-state index in [9.17, 15) is 14.3 Å². The third-order valence-electron chi connectivity index (χ3n) is 3.54. The van der Waals surface area contributed by atoms with Crippen LogP contribution in [0.2, 0.25) is 0 Å². The van der Waals surface area contributed by atoms with Gasteiger partial charge in [-0.3, -0.25) is 0 Å². The molecule has 0 saturated carbocycles. The molecule has 0 radical (unpaired) electrons. The molecular weight excluding hydrogens is 289 g/mol. The second kappa shape index (κ2) is 6.12. The Labute approximate surface area is 129 Å². The van der Waals surface area contributed by atoms with Gasteiger partial charge in [0.25, 0.3) is 0 Å². The van der Waals surface area contributed by atoms with E-state index in [4.69, 9.17) is 9.47 Å². The van der Waals surface area contributed by atoms with Crippen molar-refractivity contribution in [1.29, 1.82) is 0 Å². The van der Waals surface area contributed by atoms with E-state index in [0.717, 1.165) is 0 Å². The third kappa shape index (κ3) is 3.32. The van der Waals surface area contributed by atoms with E-state index in [1.165, 1.54) is 18.1 Å². The molecule has 122 valence electrons. The fraction of sp³-hybridized carbons (Fsp3) is 0.562. The van der Waals surface area contributed by atoms with Gasteiger partial charge < -0.3 is 19.5 Å². The first-order valence-corrected chi connectivity index (χ1v) is 7.22. The number of aliphatic hydroxyl groups is 1. The molecule has 22 heavy (non-hydrogen) atoms. The maximum absolute atomic E-state index is 14.3. The van der Waals surface area contributed by atoms with Gasteiger partial charge in [-0.15, -0.1) is 0 Å². The highest BCUT2D eigenvalue weighted by atomic mass is 19.1. The standard InChI is InChI=1S/C16H22FNO4/c1-16(2,3)22-15(20)18-6-5-11-12(8-18)13(21-4)7-10(9-19)14(11)17/h7,19H,5-6,8-9H2,1-4H3. The van der Waals surface area contributed by atoms with Crippen molar-refractivity contribution in [2.75, 3.05) is 13.7 Å². The Morgan fingerprint density at radius 2 is 2.09 bits per heavy atom. The van der Waals surface area contributed by atoms with Crippen molar-refractivity contribution < 1.29 is 23.8 Å². The minimum absolute atomic E-state index is 0.210. The van der Waals surface area contributed by atoms with Gasteiger partial charge in [0.15, 0.2) is 0 Å². The number of aliphatic hydroxyl groups excluding tert-OH is 1. The highest BCUT2D eigenvalue weighted by Gasteiger charge is 2.29. The number of hydrogen-bond acceptors (Lipinski definition) is 4. The van der Waals surface area contributed by atoms with Crippen molar-refractivity contribution in [3.8, 4) is 5.75 Å². The van der Waals surface area contributed by atoms with Crippen LogP contribution in [0.5, 0.6) is 5.75 Å². The Kier molecular flexibility index (Phi) is 4.60. The van der Waals surface area contributed by atoms with Crippen LogP contribution in [-0.4, -0.2) is 35.4 Å². The van der Waals surface area contributed by atoms with Crippen molar-refractivity contribution in [2.45, 2.75) is 45.9 Å². The van der Waals surface area contributed by atoms with E-state index in [-0.39, 0.29) is 18.7 Å². The number of benzene rings is 1. The lowest BCUT2D eigenvalue weighted by atomic mass is 9.95. The molecule has 0 aromatic heterocycles. The molecular formula is C16H22FNO4. The van der Waals surface area contributed by atoms with Gasteiger partial charge in [-0.25, -0.2) is 9.18 Å². The summed E-state index contributed by atoms with van der Waals surface area (Å²) in [5, 5.41) is 9.23. The summed E-state index contributed by atoms with van der Waals surface area (Å²) in [5.74, 6) is 0.0656. The minimum Gasteiger partial charge on any atom is -0.496 e. The Morgan fingerprint density at radius 1 is 1.41 bits per heavy atom. The molecule has 1 aromatic carbocycles. The highest BCUT2D eigenvalue weighted by Crippen LogP contribution is 2.33. The van der Waals surface area contributed by atoms with E-state index >= 15 is 0 Å². The molecule has 1 amide bonds. The number of fused-ring (bicyclic) bond motifs is 1. The van der Waals surface area contributed by atoms with Crippen LogP contribution in [0.1, 0.15) is 37.5 Å². The topological polar surface area (TPSA) is 59.0 Å². The molecule has 1 aromatic rings. The molecule has 0 saturated heterocycles. The number of carbonyl (C=O) groups excluding carboxylic acids is 1. The first kappa shape index (κ1) is 16.5. The van der Waals surface area contributed by atoms with E-state index < -0.39 is 17.5 Å². The van der Waals surface area contributed by atoms with Crippen LogP contribution in [0.3, 0.4) is 0 Å². The second-order valence-electron chi connectivity index (χ2n) is 6.32.